The fourth-order valence-electron chi connectivity index (χ4n) is 2.04. The number of carbonyl (C=O) groups is 1. The van der Waals surface area contributed by atoms with Crippen LogP contribution in [0.4, 0.5) is 0 Å². The molecule has 0 saturated carbocycles. The minimum atomic E-state index is -0.314. The average Bonchev–Trinajstić information content (AvgIpc) is 2.26. The third-order valence-corrected chi connectivity index (χ3v) is 3.97. The second-order valence-corrected chi connectivity index (χ2v) is 5.90. The Balaban J connectivity index is 2.50. The molecule has 0 aromatic rings. The van der Waals surface area contributed by atoms with Crippen molar-refractivity contribution in [2.45, 2.75) is 53.0 Å². The van der Waals surface area contributed by atoms with Crippen molar-refractivity contribution >= 4 is 5.91 Å². The number of carbonyl (C=O) groups excluding carboxylic acids is 1. The summed E-state index contributed by atoms with van der Waals surface area (Å²) in [7, 11) is 0. The van der Waals surface area contributed by atoms with Crippen LogP contribution in [0.15, 0.2) is 0 Å². The SMILES string of the molecule is CCC(C)[C@H](N)C(=O)N1CCC(C)(C)CC1. The van der Waals surface area contributed by atoms with Gasteiger partial charge in [-0.3, -0.25) is 4.79 Å². The van der Waals surface area contributed by atoms with E-state index in [1.165, 1.54) is 0 Å². The van der Waals surface area contributed by atoms with Gasteiger partial charge in [-0.2, -0.15) is 0 Å². The number of hydrogen-bond acceptors (Lipinski definition) is 2. The van der Waals surface area contributed by atoms with Gasteiger partial charge in [0.25, 0.3) is 0 Å². The minimum absolute atomic E-state index is 0.143. The Morgan fingerprint density at radius 3 is 2.31 bits per heavy atom. The molecule has 1 unspecified atom stereocenters. The van der Waals surface area contributed by atoms with Crippen molar-refractivity contribution in [2.24, 2.45) is 17.1 Å². The highest BCUT2D eigenvalue weighted by molar-refractivity contribution is 5.82. The summed E-state index contributed by atoms with van der Waals surface area (Å²) in [5.41, 5.74) is 6.36. The number of hydrogen-bond donors (Lipinski definition) is 1. The van der Waals surface area contributed by atoms with Crippen LogP contribution in [0.2, 0.25) is 0 Å². The van der Waals surface area contributed by atoms with E-state index in [9.17, 15) is 4.79 Å². The molecule has 3 nitrogen and oxygen atoms in total. The van der Waals surface area contributed by atoms with Crippen molar-refractivity contribution < 1.29 is 4.79 Å². The summed E-state index contributed by atoms with van der Waals surface area (Å²) >= 11 is 0. The highest BCUT2D eigenvalue weighted by Crippen LogP contribution is 2.30. The standard InChI is InChI=1S/C13H26N2O/c1-5-10(2)11(14)12(16)15-8-6-13(3,4)7-9-15/h10-11H,5-9,14H2,1-4H3/t10?,11-/m0/s1. The van der Waals surface area contributed by atoms with Gasteiger partial charge in [-0.05, 0) is 24.2 Å². The zero-order chi connectivity index (χ0) is 12.3. The molecule has 0 aliphatic carbocycles. The summed E-state index contributed by atoms with van der Waals surface area (Å²) < 4.78 is 0. The summed E-state index contributed by atoms with van der Waals surface area (Å²) in [4.78, 5) is 14.1. The maximum absolute atomic E-state index is 12.1. The van der Waals surface area contributed by atoms with Crippen molar-refractivity contribution in [1.82, 2.24) is 4.90 Å². The van der Waals surface area contributed by atoms with Gasteiger partial charge < -0.3 is 10.6 Å². The van der Waals surface area contributed by atoms with Crippen LogP contribution in [0.3, 0.4) is 0 Å². The van der Waals surface area contributed by atoms with E-state index >= 15 is 0 Å². The van der Waals surface area contributed by atoms with Gasteiger partial charge in [-0.15, -0.1) is 0 Å². The van der Waals surface area contributed by atoms with E-state index < -0.39 is 0 Å². The number of rotatable bonds is 3. The molecule has 0 spiro atoms. The molecule has 0 aromatic heterocycles. The Hall–Kier alpha value is -0.570. The summed E-state index contributed by atoms with van der Waals surface area (Å²) in [6.45, 7) is 10.4. The van der Waals surface area contributed by atoms with Crippen LogP contribution in [0, 0.1) is 11.3 Å². The first-order valence-corrected chi connectivity index (χ1v) is 6.42. The van der Waals surface area contributed by atoms with Gasteiger partial charge in [-0.1, -0.05) is 34.1 Å². The van der Waals surface area contributed by atoms with Gasteiger partial charge in [-0.25, -0.2) is 0 Å². The largest absolute Gasteiger partial charge is 0.341 e. The molecular formula is C13H26N2O. The van der Waals surface area contributed by atoms with Gasteiger partial charge in [0.1, 0.15) is 0 Å². The molecule has 94 valence electrons. The Kier molecular flexibility index (Phi) is 4.36. The van der Waals surface area contributed by atoms with Crippen molar-refractivity contribution in [1.29, 1.82) is 0 Å². The van der Waals surface area contributed by atoms with E-state index in [4.69, 9.17) is 5.73 Å². The predicted octanol–water partition coefficient (Wildman–Crippen LogP) is 2.01. The molecule has 1 amide bonds. The lowest BCUT2D eigenvalue weighted by atomic mass is 9.82. The quantitative estimate of drug-likeness (QED) is 0.800. The number of piperidine rings is 1. The van der Waals surface area contributed by atoms with Crippen LogP contribution in [-0.2, 0) is 4.79 Å². The fourth-order valence-corrected chi connectivity index (χ4v) is 2.04. The van der Waals surface area contributed by atoms with Crippen LogP contribution < -0.4 is 5.73 Å². The predicted molar refractivity (Wildman–Crippen MR) is 67.0 cm³/mol. The first kappa shape index (κ1) is 13.5. The Morgan fingerprint density at radius 1 is 1.38 bits per heavy atom. The van der Waals surface area contributed by atoms with E-state index in [2.05, 4.69) is 27.7 Å². The van der Waals surface area contributed by atoms with E-state index in [0.29, 0.717) is 5.41 Å². The highest BCUT2D eigenvalue weighted by atomic mass is 16.2. The van der Waals surface area contributed by atoms with Gasteiger partial charge in [0.15, 0.2) is 0 Å². The molecule has 0 radical (unpaired) electrons. The monoisotopic (exact) mass is 226 g/mol. The molecule has 1 aliphatic rings. The van der Waals surface area contributed by atoms with Gasteiger partial charge in [0, 0.05) is 13.1 Å². The van der Waals surface area contributed by atoms with Crippen molar-refractivity contribution in [3.05, 3.63) is 0 Å². The number of nitrogens with zero attached hydrogens (tertiary/aromatic N) is 1. The lowest BCUT2D eigenvalue weighted by molar-refractivity contribution is -0.135. The zero-order valence-electron chi connectivity index (χ0n) is 11.1. The highest BCUT2D eigenvalue weighted by Gasteiger charge is 2.31. The van der Waals surface area contributed by atoms with Crippen molar-refractivity contribution in [3.8, 4) is 0 Å². The summed E-state index contributed by atoms with van der Waals surface area (Å²) in [5, 5.41) is 0. The van der Waals surface area contributed by atoms with Gasteiger partial charge in [0.05, 0.1) is 6.04 Å². The maximum atomic E-state index is 12.1. The molecule has 1 aliphatic heterocycles. The molecule has 0 aromatic carbocycles. The first-order chi connectivity index (χ1) is 7.37. The van der Waals surface area contributed by atoms with E-state index in [0.717, 1.165) is 32.4 Å². The molecular weight excluding hydrogens is 200 g/mol. The van der Waals surface area contributed by atoms with E-state index in [1.54, 1.807) is 0 Å². The molecule has 1 saturated heterocycles. The van der Waals surface area contributed by atoms with Crippen LogP contribution in [0.25, 0.3) is 0 Å². The zero-order valence-corrected chi connectivity index (χ0v) is 11.1. The van der Waals surface area contributed by atoms with Crippen LogP contribution >= 0.6 is 0 Å². The lowest BCUT2D eigenvalue weighted by Gasteiger charge is -2.38. The van der Waals surface area contributed by atoms with Gasteiger partial charge in [0.2, 0.25) is 5.91 Å². The Bertz CT molecular complexity index is 240. The minimum Gasteiger partial charge on any atom is -0.341 e. The van der Waals surface area contributed by atoms with E-state index in [-0.39, 0.29) is 17.9 Å². The third-order valence-electron chi connectivity index (χ3n) is 3.97. The normalized spacial score (nSPS) is 23.9. The molecule has 2 atom stereocenters. The van der Waals surface area contributed by atoms with Crippen LogP contribution in [0.1, 0.15) is 47.0 Å². The first-order valence-electron chi connectivity index (χ1n) is 6.42. The number of amides is 1. The Morgan fingerprint density at radius 2 is 1.88 bits per heavy atom. The summed E-state index contributed by atoms with van der Waals surface area (Å²) in [5.74, 6) is 0.423. The molecule has 16 heavy (non-hydrogen) atoms. The molecule has 3 heteroatoms. The van der Waals surface area contributed by atoms with Gasteiger partial charge >= 0.3 is 0 Å². The second-order valence-electron chi connectivity index (χ2n) is 5.90. The van der Waals surface area contributed by atoms with Crippen molar-refractivity contribution in [3.63, 3.8) is 0 Å². The topological polar surface area (TPSA) is 46.3 Å². The van der Waals surface area contributed by atoms with E-state index in [1.807, 2.05) is 4.90 Å². The molecule has 1 fully saturated rings. The fraction of sp³-hybridized carbons (Fsp3) is 0.923. The maximum Gasteiger partial charge on any atom is 0.239 e. The average molecular weight is 226 g/mol. The summed E-state index contributed by atoms with van der Waals surface area (Å²) in [6, 6.07) is -0.314. The number of likely N-dealkylation sites (tertiary alicyclic amines) is 1. The molecule has 1 heterocycles. The molecule has 2 N–H and O–H groups in total. The second kappa shape index (κ2) is 5.17. The third kappa shape index (κ3) is 3.21. The molecule has 1 rings (SSSR count). The van der Waals surface area contributed by atoms with Crippen LogP contribution in [0.5, 0.6) is 0 Å². The molecule has 0 bridgehead atoms. The summed E-state index contributed by atoms with van der Waals surface area (Å²) in [6.07, 6.45) is 3.14. The lowest BCUT2D eigenvalue weighted by Crippen LogP contribution is -2.50. The van der Waals surface area contributed by atoms with Crippen molar-refractivity contribution in [2.75, 3.05) is 13.1 Å². The smallest absolute Gasteiger partial charge is 0.239 e. The Labute approximate surface area is 99.4 Å². The van der Waals surface area contributed by atoms with Crippen LogP contribution in [-0.4, -0.2) is 29.9 Å². The number of nitrogens with two attached hydrogens (primary N) is 1.